The van der Waals surface area contributed by atoms with E-state index in [4.69, 9.17) is 5.73 Å². The summed E-state index contributed by atoms with van der Waals surface area (Å²) in [5.41, 5.74) is 6.33. The van der Waals surface area contributed by atoms with E-state index in [2.05, 4.69) is 10.4 Å². The number of aromatic nitrogens is 2. The smallest absolute Gasteiger partial charge is 0.0719 e. The molecule has 2 rings (SSSR count). The molecule has 1 aromatic rings. The summed E-state index contributed by atoms with van der Waals surface area (Å²) < 4.78 is 1.89. The van der Waals surface area contributed by atoms with Gasteiger partial charge in [-0.05, 0) is 12.8 Å². The molecule has 0 saturated heterocycles. The van der Waals surface area contributed by atoms with Crippen molar-refractivity contribution >= 4 is 5.69 Å². The summed E-state index contributed by atoms with van der Waals surface area (Å²) in [5.74, 6) is 0. The van der Waals surface area contributed by atoms with E-state index in [1.807, 2.05) is 10.9 Å². The van der Waals surface area contributed by atoms with Crippen LogP contribution in [0.1, 0.15) is 32.1 Å². The minimum Gasteiger partial charge on any atom is -0.396 e. The fraction of sp³-hybridized carbons (Fsp3) is 0.727. The van der Waals surface area contributed by atoms with Crippen molar-refractivity contribution in [1.29, 1.82) is 0 Å². The van der Waals surface area contributed by atoms with Crippen LogP contribution in [0.4, 0.5) is 5.69 Å². The van der Waals surface area contributed by atoms with Gasteiger partial charge in [-0.2, -0.15) is 5.10 Å². The van der Waals surface area contributed by atoms with Crippen molar-refractivity contribution < 1.29 is 0 Å². The van der Waals surface area contributed by atoms with Crippen LogP contribution in [0, 0.1) is 0 Å². The number of rotatable bonds is 4. The van der Waals surface area contributed by atoms with Crippen LogP contribution in [0.15, 0.2) is 12.4 Å². The van der Waals surface area contributed by atoms with E-state index in [1.54, 1.807) is 6.20 Å². The molecule has 3 N–H and O–H groups in total. The summed E-state index contributed by atoms with van der Waals surface area (Å²) in [6, 6.07) is 0.728. The standard InChI is InChI=1S/C11H20N4/c12-10-8-14-15(9-10)7-6-13-11-4-2-1-3-5-11/h8-9,11,13H,1-7,12H2. The summed E-state index contributed by atoms with van der Waals surface area (Å²) in [6.45, 7) is 1.90. The Hall–Kier alpha value is -1.03. The van der Waals surface area contributed by atoms with E-state index in [0.29, 0.717) is 0 Å². The third kappa shape index (κ3) is 3.23. The first kappa shape index (κ1) is 10.5. The summed E-state index contributed by atoms with van der Waals surface area (Å²) in [5, 5.41) is 7.73. The molecule has 0 aromatic carbocycles. The monoisotopic (exact) mass is 208 g/mol. The summed E-state index contributed by atoms with van der Waals surface area (Å²) >= 11 is 0. The molecule has 1 heterocycles. The highest BCUT2D eigenvalue weighted by Gasteiger charge is 2.11. The van der Waals surface area contributed by atoms with Crippen LogP contribution in [-0.2, 0) is 6.54 Å². The van der Waals surface area contributed by atoms with Crippen molar-refractivity contribution in [2.45, 2.75) is 44.7 Å². The van der Waals surface area contributed by atoms with Gasteiger partial charge in [-0.3, -0.25) is 4.68 Å². The van der Waals surface area contributed by atoms with Gasteiger partial charge in [-0.15, -0.1) is 0 Å². The topological polar surface area (TPSA) is 55.9 Å². The van der Waals surface area contributed by atoms with Gasteiger partial charge < -0.3 is 11.1 Å². The third-order valence-electron chi connectivity index (χ3n) is 3.03. The molecule has 1 saturated carbocycles. The predicted octanol–water partition coefficient (Wildman–Crippen LogP) is 1.39. The molecule has 0 atom stereocenters. The average Bonchev–Trinajstić information content (AvgIpc) is 2.66. The van der Waals surface area contributed by atoms with Crippen molar-refractivity contribution in [2.24, 2.45) is 0 Å². The number of nitrogens with zero attached hydrogens (tertiary/aromatic N) is 2. The maximum atomic E-state index is 5.59. The molecule has 15 heavy (non-hydrogen) atoms. The Kier molecular flexibility index (Phi) is 3.61. The molecule has 1 aliphatic carbocycles. The van der Waals surface area contributed by atoms with Crippen LogP contribution in [0.5, 0.6) is 0 Å². The second-order valence-corrected chi connectivity index (χ2v) is 4.33. The molecule has 4 nitrogen and oxygen atoms in total. The molecule has 0 spiro atoms. The second-order valence-electron chi connectivity index (χ2n) is 4.33. The van der Waals surface area contributed by atoms with Crippen LogP contribution < -0.4 is 11.1 Å². The largest absolute Gasteiger partial charge is 0.396 e. The molecular weight excluding hydrogens is 188 g/mol. The molecule has 0 amide bonds. The lowest BCUT2D eigenvalue weighted by Gasteiger charge is -2.22. The van der Waals surface area contributed by atoms with Crippen molar-refractivity contribution in [1.82, 2.24) is 15.1 Å². The highest BCUT2D eigenvalue weighted by atomic mass is 15.3. The van der Waals surface area contributed by atoms with Crippen LogP contribution in [0.3, 0.4) is 0 Å². The normalized spacial score (nSPS) is 18.1. The predicted molar refractivity (Wildman–Crippen MR) is 61.5 cm³/mol. The number of nitrogens with one attached hydrogen (secondary N) is 1. The first-order chi connectivity index (χ1) is 7.34. The quantitative estimate of drug-likeness (QED) is 0.786. The molecule has 4 heteroatoms. The Labute approximate surface area is 90.8 Å². The Morgan fingerprint density at radius 3 is 2.87 bits per heavy atom. The molecule has 0 aliphatic heterocycles. The minimum absolute atomic E-state index is 0.728. The highest BCUT2D eigenvalue weighted by Crippen LogP contribution is 2.16. The van der Waals surface area contributed by atoms with Crippen LogP contribution in [0.2, 0.25) is 0 Å². The molecule has 84 valence electrons. The van der Waals surface area contributed by atoms with Gasteiger partial charge in [0.05, 0.1) is 18.4 Å². The van der Waals surface area contributed by atoms with E-state index in [0.717, 1.165) is 24.8 Å². The zero-order valence-electron chi connectivity index (χ0n) is 9.15. The average molecular weight is 208 g/mol. The molecule has 1 aromatic heterocycles. The fourth-order valence-corrected chi connectivity index (χ4v) is 2.19. The molecule has 0 unspecified atom stereocenters. The Balaban J connectivity index is 1.65. The SMILES string of the molecule is Nc1cnn(CCNC2CCCCC2)c1. The van der Waals surface area contributed by atoms with Gasteiger partial charge in [0.15, 0.2) is 0 Å². The lowest BCUT2D eigenvalue weighted by Crippen LogP contribution is -2.33. The fourth-order valence-electron chi connectivity index (χ4n) is 2.19. The van der Waals surface area contributed by atoms with Gasteiger partial charge in [0, 0.05) is 18.8 Å². The van der Waals surface area contributed by atoms with E-state index < -0.39 is 0 Å². The van der Waals surface area contributed by atoms with Crippen molar-refractivity contribution in [3.63, 3.8) is 0 Å². The number of nitrogens with two attached hydrogens (primary N) is 1. The van der Waals surface area contributed by atoms with Gasteiger partial charge in [-0.25, -0.2) is 0 Å². The van der Waals surface area contributed by atoms with Gasteiger partial charge in [0.2, 0.25) is 0 Å². The van der Waals surface area contributed by atoms with Gasteiger partial charge in [0.25, 0.3) is 0 Å². The van der Waals surface area contributed by atoms with Crippen molar-refractivity contribution in [2.75, 3.05) is 12.3 Å². The van der Waals surface area contributed by atoms with E-state index >= 15 is 0 Å². The Bertz CT molecular complexity index is 289. The lowest BCUT2D eigenvalue weighted by atomic mass is 9.95. The molecular formula is C11H20N4. The number of nitrogen functional groups attached to an aromatic ring is 1. The number of anilines is 1. The zero-order chi connectivity index (χ0) is 10.5. The summed E-state index contributed by atoms with van der Waals surface area (Å²) in [4.78, 5) is 0. The molecule has 1 fully saturated rings. The second kappa shape index (κ2) is 5.16. The Morgan fingerprint density at radius 1 is 1.40 bits per heavy atom. The van der Waals surface area contributed by atoms with E-state index in [9.17, 15) is 0 Å². The van der Waals surface area contributed by atoms with Crippen LogP contribution >= 0.6 is 0 Å². The molecule has 1 aliphatic rings. The van der Waals surface area contributed by atoms with Gasteiger partial charge in [-0.1, -0.05) is 19.3 Å². The van der Waals surface area contributed by atoms with Crippen LogP contribution in [-0.4, -0.2) is 22.4 Å². The lowest BCUT2D eigenvalue weighted by molar-refractivity contribution is 0.365. The minimum atomic E-state index is 0.728. The Morgan fingerprint density at radius 2 is 2.20 bits per heavy atom. The van der Waals surface area contributed by atoms with E-state index in [1.165, 1.54) is 32.1 Å². The summed E-state index contributed by atoms with van der Waals surface area (Å²) in [7, 11) is 0. The van der Waals surface area contributed by atoms with Crippen LogP contribution in [0.25, 0.3) is 0 Å². The first-order valence-electron chi connectivity index (χ1n) is 5.86. The third-order valence-corrected chi connectivity index (χ3v) is 3.03. The van der Waals surface area contributed by atoms with Gasteiger partial charge in [0.1, 0.15) is 0 Å². The number of hydrogen-bond acceptors (Lipinski definition) is 3. The number of hydrogen-bond donors (Lipinski definition) is 2. The zero-order valence-corrected chi connectivity index (χ0v) is 9.15. The van der Waals surface area contributed by atoms with Crippen molar-refractivity contribution in [3.05, 3.63) is 12.4 Å². The van der Waals surface area contributed by atoms with Gasteiger partial charge >= 0.3 is 0 Å². The summed E-state index contributed by atoms with van der Waals surface area (Å²) in [6.07, 6.45) is 10.4. The van der Waals surface area contributed by atoms with E-state index in [-0.39, 0.29) is 0 Å². The maximum absolute atomic E-state index is 5.59. The van der Waals surface area contributed by atoms with Crippen molar-refractivity contribution in [3.8, 4) is 0 Å². The maximum Gasteiger partial charge on any atom is 0.0719 e. The molecule has 0 radical (unpaired) electrons. The highest BCUT2D eigenvalue weighted by molar-refractivity contribution is 5.30. The first-order valence-corrected chi connectivity index (χ1v) is 5.86. The molecule has 0 bridgehead atoms.